The summed E-state index contributed by atoms with van der Waals surface area (Å²) >= 11 is 0. The summed E-state index contributed by atoms with van der Waals surface area (Å²) < 4.78 is 28.1. The molecule has 0 aliphatic heterocycles. The van der Waals surface area contributed by atoms with Crippen LogP contribution in [-0.4, -0.2) is 38.4 Å². The number of carbonyl (C=O) groups excluding carboxylic acids is 3. The predicted molar refractivity (Wildman–Crippen MR) is 70.1 cm³/mol. The molecule has 21 heavy (non-hydrogen) atoms. The molecule has 7 heteroatoms. The van der Waals surface area contributed by atoms with Crippen molar-refractivity contribution in [3.05, 3.63) is 23.5 Å². The van der Waals surface area contributed by atoms with Crippen molar-refractivity contribution < 1.29 is 33.0 Å². The molecule has 0 unspecified atom stereocenters. The summed E-state index contributed by atoms with van der Waals surface area (Å²) in [5.74, 6) is -3.60. The second-order valence-corrected chi connectivity index (χ2v) is 3.93. The summed E-state index contributed by atoms with van der Waals surface area (Å²) in [7, 11) is 2.65. The molecule has 0 spiro atoms. The van der Waals surface area contributed by atoms with Gasteiger partial charge in [0.15, 0.2) is 17.3 Å². The lowest BCUT2D eigenvalue weighted by Crippen LogP contribution is -2.21. The monoisotopic (exact) mass is 298 g/mol. The molecule has 1 rings (SSSR count). The van der Waals surface area contributed by atoms with Crippen molar-refractivity contribution in [3.63, 3.8) is 0 Å². The van der Waals surface area contributed by atoms with Crippen molar-refractivity contribution in [1.82, 2.24) is 0 Å². The molecule has 0 saturated carbocycles. The molecular weight excluding hydrogens is 283 g/mol. The third-order valence-corrected chi connectivity index (χ3v) is 2.60. The number of rotatable bonds is 7. The van der Waals surface area contributed by atoms with Gasteiger partial charge in [-0.05, 0) is 13.0 Å². The Kier molecular flexibility index (Phi) is 5.83. The lowest BCUT2D eigenvalue weighted by atomic mass is 10.0. The number of halogens is 1. The zero-order chi connectivity index (χ0) is 16.0. The van der Waals surface area contributed by atoms with Crippen molar-refractivity contribution in [2.24, 2.45) is 0 Å². The fraction of sp³-hybridized carbons (Fsp3) is 0.357. The van der Waals surface area contributed by atoms with Crippen LogP contribution >= 0.6 is 0 Å². The fourth-order valence-corrected chi connectivity index (χ4v) is 1.59. The number of carbonyl (C=O) groups is 3. The van der Waals surface area contributed by atoms with Crippen molar-refractivity contribution in [2.75, 3.05) is 20.8 Å². The van der Waals surface area contributed by atoms with E-state index in [9.17, 15) is 18.8 Å². The number of benzene rings is 1. The molecule has 6 nitrogen and oxygen atoms in total. The van der Waals surface area contributed by atoms with E-state index in [2.05, 4.69) is 4.74 Å². The Hall–Kier alpha value is -2.44. The minimum absolute atomic E-state index is 0.0173. The second kappa shape index (κ2) is 7.37. The molecule has 0 aromatic heterocycles. The number of hydrogen-bond donors (Lipinski definition) is 0. The summed E-state index contributed by atoms with van der Waals surface area (Å²) in [6, 6.07) is 2.09. The highest BCUT2D eigenvalue weighted by Crippen LogP contribution is 2.30. The van der Waals surface area contributed by atoms with E-state index in [-0.39, 0.29) is 23.7 Å². The molecule has 114 valence electrons. The molecule has 1 aromatic carbocycles. The lowest BCUT2D eigenvalue weighted by Gasteiger charge is -2.10. The van der Waals surface area contributed by atoms with E-state index in [0.29, 0.717) is 0 Å². The average molecular weight is 298 g/mol. The maximum Gasteiger partial charge on any atom is 0.375 e. The van der Waals surface area contributed by atoms with E-state index >= 15 is 0 Å². The van der Waals surface area contributed by atoms with E-state index in [1.165, 1.54) is 21.1 Å². The summed E-state index contributed by atoms with van der Waals surface area (Å²) in [5, 5.41) is 0. The van der Waals surface area contributed by atoms with E-state index < -0.39 is 29.8 Å². The third-order valence-electron chi connectivity index (χ3n) is 2.60. The minimum Gasteiger partial charge on any atom is -0.493 e. The first-order valence-electron chi connectivity index (χ1n) is 6.09. The SMILES string of the molecule is CCOC(=O)C(=O)CC(=O)c1cc(OC)c(OC)cc1F. The molecule has 0 aliphatic rings. The molecule has 1 aromatic rings. The molecule has 0 aliphatic carbocycles. The van der Waals surface area contributed by atoms with E-state index in [1.807, 2.05) is 0 Å². The van der Waals surface area contributed by atoms with Crippen LogP contribution in [0.1, 0.15) is 23.7 Å². The summed E-state index contributed by atoms with van der Waals surface area (Å²) in [4.78, 5) is 34.5. The van der Waals surface area contributed by atoms with Crippen molar-refractivity contribution in [2.45, 2.75) is 13.3 Å². The number of ketones is 2. The molecule has 0 amide bonds. The Morgan fingerprint density at radius 3 is 2.19 bits per heavy atom. The van der Waals surface area contributed by atoms with Gasteiger partial charge in [0, 0.05) is 6.07 Å². The van der Waals surface area contributed by atoms with Crippen LogP contribution in [0.3, 0.4) is 0 Å². The number of ether oxygens (including phenoxy) is 3. The highest BCUT2D eigenvalue weighted by Gasteiger charge is 2.23. The van der Waals surface area contributed by atoms with Gasteiger partial charge in [-0.2, -0.15) is 0 Å². The topological polar surface area (TPSA) is 78.9 Å². The predicted octanol–water partition coefficient (Wildman–Crippen LogP) is 1.55. The van der Waals surface area contributed by atoms with Gasteiger partial charge in [0.2, 0.25) is 5.78 Å². The van der Waals surface area contributed by atoms with Crippen LogP contribution < -0.4 is 9.47 Å². The van der Waals surface area contributed by atoms with Crippen LogP contribution in [0.2, 0.25) is 0 Å². The second-order valence-electron chi connectivity index (χ2n) is 3.93. The molecular formula is C14H15FO6. The number of methoxy groups -OCH3 is 2. The van der Waals surface area contributed by atoms with Crippen LogP contribution in [0.15, 0.2) is 12.1 Å². The standard InChI is InChI=1S/C14H15FO6/c1-4-21-14(18)11(17)7-10(16)8-5-12(19-2)13(20-3)6-9(8)15/h5-6H,4,7H2,1-3H3. The molecule has 0 atom stereocenters. The Morgan fingerprint density at radius 1 is 1.10 bits per heavy atom. The summed E-state index contributed by atoms with van der Waals surface area (Å²) in [6.45, 7) is 1.55. The van der Waals surface area contributed by atoms with Crippen molar-refractivity contribution in [1.29, 1.82) is 0 Å². The Balaban J connectivity index is 2.97. The van der Waals surface area contributed by atoms with Crippen LogP contribution in [0.4, 0.5) is 4.39 Å². The summed E-state index contributed by atoms with van der Waals surface area (Å²) in [5.41, 5.74) is -0.356. The molecule has 0 fully saturated rings. The van der Waals surface area contributed by atoms with E-state index in [1.54, 1.807) is 0 Å². The Labute approximate surface area is 120 Å². The van der Waals surface area contributed by atoms with E-state index in [0.717, 1.165) is 12.1 Å². The Morgan fingerprint density at radius 2 is 1.67 bits per heavy atom. The van der Waals surface area contributed by atoms with Crippen LogP contribution in [-0.2, 0) is 14.3 Å². The molecule has 0 bridgehead atoms. The van der Waals surface area contributed by atoms with E-state index in [4.69, 9.17) is 9.47 Å². The van der Waals surface area contributed by atoms with Gasteiger partial charge in [0.05, 0.1) is 32.8 Å². The van der Waals surface area contributed by atoms with Gasteiger partial charge in [0.1, 0.15) is 5.82 Å². The molecule has 0 N–H and O–H groups in total. The quantitative estimate of drug-likeness (QED) is 0.329. The van der Waals surface area contributed by atoms with Crippen LogP contribution in [0.25, 0.3) is 0 Å². The third kappa shape index (κ3) is 4.01. The zero-order valence-corrected chi connectivity index (χ0v) is 11.9. The van der Waals surface area contributed by atoms with Gasteiger partial charge in [-0.1, -0.05) is 0 Å². The Bertz CT molecular complexity index is 567. The molecule has 0 saturated heterocycles. The van der Waals surface area contributed by atoms with Crippen LogP contribution in [0.5, 0.6) is 11.5 Å². The summed E-state index contributed by atoms with van der Waals surface area (Å²) in [6.07, 6.45) is -0.773. The maximum absolute atomic E-state index is 13.8. The molecule has 0 heterocycles. The van der Waals surface area contributed by atoms with Crippen LogP contribution in [0, 0.1) is 5.82 Å². The number of hydrogen-bond acceptors (Lipinski definition) is 6. The largest absolute Gasteiger partial charge is 0.493 e. The molecule has 0 radical (unpaired) electrons. The van der Waals surface area contributed by atoms with Crippen molar-refractivity contribution >= 4 is 17.5 Å². The first-order valence-corrected chi connectivity index (χ1v) is 6.09. The van der Waals surface area contributed by atoms with Gasteiger partial charge >= 0.3 is 5.97 Å². The van der Waals surface area contributed by atoms with Gasteiger partial charge in [-0.15, -0.1) is 0 Å². The minimum atomic E-state index is -1.12. The highest BCUT2D eigenvalue weighted by atomic mass is 19.1. The van der Waals surface area contributed by atoms with Gasteiger partial charge in [0.25, 0.3) is 0 Å². The van der Waals surface area contributed by atoms with Crippen molar-refractivity contribution in [3.8, 4) is 11.5 Å². The van der Waals surface area contributed by atoms with Gasteiger partial charge in [-0.3, -0.25) is 9.59 Å². The smallest absolute Gasteiger partial charge is 0.375 e. The normalized spacial score (nSPS) is 9.90. The number of Topliss-reactive ketones (excluding diaryl/α,β-unsaturated/α-hetero) is 2. The van der Waals surface area contributed by atoms with Gasteiger partial charge in [-0.25, -0.2) is 9.18 Å². The van der Waals surface area contributed by atoms with Gasteiger partial charge < -0.3 is 14.2 Å². The highest BCUT2D eigenvalue weighted by molar-refractivity contribution is 6.38. The lowest BCUT2D eigenvalue weighted by molar-refractivity contribution is -0.153. The average Bonchev–Trinajstić information content (AvgIpc) is 2.46. The first-order chi connectivity index (χ1) is 9.94. The fourth-order valence-electron chi connectivity index (χ4n) is 1.59. The zero-order valence-electron chi connectivity index (χ0n) is 11.9. The maximum atomic E-state index is 13.8. The number of esters is 1. The first kappa shape index (κ1) is 16.6.